The van der Waals surface area contributed by atoms with Crippen molar-refractivity contribution in [3.63, 3.8) is 0 Å². The standard InChI is InChI=1S/C18H18O6/c1-18(10-7-5-4-6-8-10)9-11(19)12-13(20)16(22-2)14(21)17(23-3)15(12)24-18/h4-8,20-21H,9H2,1-3H3. The molecule has 1 aliphatic heterocycles. The van der Waals surface area contributed by atoms with Crippen molar-refractivity contribution in [2.24, 2.45) is 0 Å². The lowest BCUT2D eigenvalue weighted by molar-refractivity contribution is 0.0470. The van der Waals surface area contributed by atoms with Crippen LogP contribution in [0.15, 0.2) is 30.3 Å². The molecule has 0 radical (unpaired) electrons. The van der Waals surface area contributed by atoms with Crippen LogP contribution in [0.2, 0.25) is 0 Å². The molecule has 0 fully saturated rings. The van der Waals surface area contributed by atoms with Crippen LogP contribution < -0.4 is 14.2 Å². The predicted octanol–water partition coefficient (Wildman–Crippen LogP) is 3.00. The molecular formula is C18H18O6. The summed E-state index contributed by atoms with van der Waals surface area (Å²) in [5, 5.41) is 20.6. The number of hydrogen-bond donors (Lipinski definition) is 2. The summed E-state index contributed by atoms with van der Waals surface area (Å²) >= 11 is 0. The molecule has 2 aromatic carbocycles. The maximum Gasteiger partial charge on any atom is 0.208 e. The molecule has 1 heterocycles. The molecule has 0 spiro atoms. The Kier molecular flexibility index (Phi) is 3.75. The molecule has 2 N–H and O–H groups in total. The van der Waals surface area contributed by atoms with Gasteiger partial charge in [-0.25, -0.2) is 0 Å². The zero-order chi connectivity index (χ0) is 17.5. The van der Waals surface area contributed by atoms with Crippen molar-refractivity contribution < 1.29 is 29.2 Å². The first-order chi connectivity index (χ1) is 11.4. The highest BCUT2D eigenvalue weighted by Gasteiger charge is 2.43. The molecule has 0 saturated heterocycles. The highest BCUT2D eigenvalue weighted by molar-refractivity contribution is 6.05. The molecule has 126 valence electrons. The second-order valence-electron chi connectivity index (χ2n) is 5.77. The van der Waals surface area contributed by atoms with Crippen LogP contribution in [0.3, 0.4) is 0 Å². The van der Waals surface area contributed by atoms with Crippen molar-refractivity contribution in [2.75, 3.05) is 14.2 Å². The van der Waals surface area contributed by atoms with E-state index in [0.29, 0.717) is 0 Å². The van der Waals surface area contributed by atoms with Crippen LogP contribution in [0.5, 0.6) is 28.7 Å². The number of Topliss-reactive ketones (excluding diaryl/α,β-unsaturated/α-hetero) is 1. The van der Waals surface area contributed by atoms with Crippen molar-refractivity contribution in [1.82, 2.24) is 0 Å². The van der Waals surface area contributed by atoms with Crippen molar-refractivity contribution in [3.05, 3.63) is 41.5 Å². The monoisotopic (exact) mass is 330 g/mol. The summed E-state index contributed by atoms with van der Waals surface area (Å²) in [6.45, 7) is 1.78. The first-order valence-electron chi connectivity index (χ1n) is 7.40. The van der Waals surface area contributed by atoms with E-state index in [1.807, 2.05) is 30.3 Å². The Hall–Kier alpha value is -2.89. The number of ketones is 1. The van der Waals surface area contributed by atoms with Gasteiger partial charge in [0.05, 0.1) is 20.6 Å². The first kappa shape index (κ1) is 16.0. The molecule has 1 unspecified atom stereocenters. The van der Waals surface area contributed by atoms with Crippen LogP contribution in [0.4, 0.5) is 0 Å². The van der Waals surface area contributed by atoms with Gasteiger partial charge >= 0.3 is 0 Å². The maximum atomic E-state index is 12.7. The third-order valence-electron chi connectivity index (χ3n) is 4.21. The molecule has 0 saturated carbocycles. The van der Waals surface area contributed by atoms with E-state index >= 15 is 0 Å². The second kappa shape index (κ2) is 5.63. The Morgan fingerprint density at radius 1 is 1.04 bits per heavy atom. The average molecular weight is 330 g/mol. The van der Waals surface area contributed by atoms with Crippen molar-refractivity contribution in [3.8, 4) is 28.7 Å². The molecule has 3 rings (SSSR count). The third-order valence-corrected chi connectivity index (χ3v) is 4.21. The minimum Gasteiger partial charge on any atom is -0.504 e. The van der Waals surface area contributed by atoms with E-state index in [4.69, 9.17) is 14.2 Å². The number of benzene rings is 2. The number of fused-ring (bicyclic) bond motifs is 1. The largest absolute Gasteiger partial charge is 0.504 e. The van der Waals surface area contributed by atoms with Gasteiger partial charge in [0, 0.05) is 0 Å². The van der Waals surface area contributed by atoms with Crippen LogP contribution in [0, 0.1) is 0 Å². The van der Waals surface area contributed by atoms with Gasteiger partial charge in [-0.05, 0) is 12.5 Å². The summed E-state index contributed by atoms with van der Waals surface area (Å²) in [6.07, 6.45) is 0.0364. The molecule has 0 aliphatic carbocycles. The molecule has 24 heavy (non-hydrogen) atoms. The molecule has 6 nitrogen and oxygen atoms in total. The minimum atomic E-state index is -0.938. The highest BCUT2D eigenvalue weighted by atomic mass is 16.5. The number of rotatable bonds is 3. The second-order valence-corrected chi connectivity index (χ2v) is 5.77. The average Bonchev–Trinajstić information content (AvgIpc) is 2.56. The van der Waals surface area contributed by atoms with E-state index in [0.717, 1.165) is 5.56 Å². The van der Waals surface area contributed by atoms with Gasteiger partial charge in [-0.1, -0.05) is 30.3 Å². The lowest BCUT2D eigenvalue weighted by atomic mass is 9.85. The van der Waals surface area contributed by atoms with Gasteiger partial charge in [0.15, 0.2) is 17.3 Å². The van der Waals surface area contributed by atoms with Crippen molar-refractivity contribution in [2.45, 2.75) is 18.9 Å². The van der Waals surface area contributed by atoms with Gasteiger partial charge in [0.1, 0.15) is 11.2 Å². The zero-order valence-electron chi connectivity index (χ0n) is 13.6. The summed E-state index contributed by atoms with van der Waals surface area (Å²) in [6, 6.07) is 9.28. The van der Waals surface area contributed by atoms with Crippen molar-refractivity contribution >= 4 is 5.78 Å². The maximum absolute atomic E-state index is 12.7. The lowest BCUT2D eigenvalue weighted by Gasteiger charge is -2.36. The van der Waals surface area contributed by atoms with E-state index in [-0.39, 0.29) is 35.0 Å². The quantitative estimate of drug-likeness (QED) is 0.900. The van der Waals surface area contributed by atoms with Crippen LogP contribution in [-0.4, -0.2) is 30.2 Å². The number of carbonyl (C=O) groups excluding carboxylic acids is 1. The Bertz CT molecular complexity index is 799. The fourth-order valence-electron chi connectivity index (χ4n) is 3.00. The van der Waals surface area contributed by atoms with Gasteiger partial charge in [-0.15, -0.1) is 0 Å². The van der Waals surface area contributed by atoms with Gasteiger partial charge in [-0.3, -0.25) is 4.79 Å². The SMILES string of the molecule is COc1c(O)c(OC)c2c(c1O)C(=O)CC(C)(c1ccccc1)O2. The number of hydrogen-bond acceptors (Lipinski definition) is 6. The number of carbonyl (C=O) groups is 1. The van der Waals surface area contributed by atoms with Crippen LogP contribution >= 0.6 is 0 Å². The highest BCUT2D eigenvalue weighted by Crippen LogP contribution is 2.56. The Morgan fingerprint density at radius 2 is 1.67 bits per heavy atom. The van der Waals surface area contributed by atoms with Crippen LogP contribution in [-0.2, 0) is 5.60 Å². The zero-order valence-corrected chi connectivity index (χ0v) is 13.6. The molecule has 0 aromatic heterocycles. The fraction of sp³-hybridized carbons (Fsp3) is 0.278. The predicted molar refractivity (Wildman–Crippen MR) is 86.2 cm³/mol. The van der Waals surface area contributed by atoms with Crippen molar-refractivity contribution in [1.29, 1.82) is 0 Å². The summed E-state index contributed by atoms with van der Waals surface area (Å²) < 4.78 is 16.2. The summed E-state index contributed by atoms with van der Waals surface area (Å²) in [5.41, 5.74) is -0.178. The number of methoxy groups -OCH3 is 2. The minimum absolute atomic E-state index is 0.0101. The van der Waals surface area contributed by atoms with Gasteiger partial charge in [0.2, 0.25) is 17.2 Å². The van der Waals surface area contributed by atoms with E-state index in [9.17, 15) is 15.0 Å². The van der Waals surface area contributed by atoms with E-state index in [1.165, 1.54) is 14.2 Å². The molecule has 1 atom stereocenters. The number of aromatic hydroxyl groups is 2. The Labute approximate surface area is 139 Å². The van der Waals surface area contributed by atoms with Crippen LogP contribution in [0.1, 0.15) is 29.3 Å². The summed E-state index contributed by atoms with van der Waals surface area (Å²) in [7, 11) is 2.62. The van der Waals surface area contributed by atoms with E-state index in [1.54, 1.807) is 6.92 Å². The number of ether oxygens (including phenoxy) is 3. The molecule has 1 aliphatic rings. The smallest absolute Gasteiger partial charge is 0.208 e. The normalized spacial score (nSPS) is 19.4. The summed E-state index contributed by atoms with van der Waals surface area (Å²) in [4.78, 5) is 12.7. The van der Waals surface area contributed by atoms with Gasteiger partial charge < -0.3 is 24.4 Å². The number of phenolic OH excluding ortho intramolecular Hbond substituents is 2. The molecule has 2 aromatic rings. The van der Waals surface area contributed by atoms with Gasteiger partial charge in [0.25, 0.3) is 0 Å². The third kappa shape index (κ3) is 2.22. The molecule has 0 amide bonds. The fourth-order valence-corrected chi connectivity index (χ4v) is 3.00. The topological polar surface area (TPSA) is 85.2 Å². The van der Waals surface area contributed by atoms with Crippen LogP contribution in [0.25, 0.3) is 0 Å². The molecule has 0 bridgehead atoms. The first-order valence-corrected chi connectivity index (χ1v) is 7.40. The lowest BCUT2D eigenvalue weighted by Crippen LogP contribution is -2.36. The Balaban J connectivity index is 2.23. The van der Waals surface area contributed by atoms with E-state index < -0.39 is 17.1 Å². The van der Waals surface area contributed by atoms with Gasteiger partial charge in [-0.2, -0.15) is 0 Å². The Morgan fingerprint density at radius 3 is 2.25 bits per heavy atom. The molecular weight excluding hydrogens is 312 g/mol. The number of phenols is 2. The summed E-state index contributed by atoms with van der Waals surface area (Å²) in [5.74, 6) is -1.44. The molecule has 6 heteroatoms. The van der Waals surface area contributed by atoms with E-state index in [2.05, 4.69) is 0 Å².